The second-order valence-corrected chi connectivity index (χ2v) is 4.91. The van der Waals surface area contributed by atoms with Gasteiger partial charge in [-0.25, -0.2) is 0 Å². The smallest absolute Gasteiger partial charge is 0.0382 e. The van der Waals surface area contributed by atoms with E-state index in [1.807, 2.05) is 7.05 Å². The maximum atomic E-state index is 3.96. The van der Waals surface area contributed by atoms with E-state index in [0.717, 1.165) is 37.2 Å². The standard InChI is InChI=1S/C17H26N2/c1-5-6-14(2)7-8-16-9-11-17(12-10-16)19-15(3)13-18-4/h6,9-12,18-19H,3,5,7-8,13H2,1-2,4H3. The van der Waals surface area contributed by atoms with E-state index in [0.29, 0.717) is 0 Å². The van der Waals surface area contributed by atoms with Crippen LogP contribution in [0.15, 0.2) is 48.2 Å². The molecule has 2 N–H and O–H groups in total. The van der Waals surface area contributed by atoms with Crippen molar-refractivity contribution in [3.8, 4) is 0 Å². The van der Waals surface area contributed by atoms with E-state index in [-0.39, 0.29) is 0 Å². The summed E-state index contributed by atoms with van der Waals surface area (Å²) < 4.78 is 0. The number of aryl methyl sites for hydroxylation is 1. The van der Waals surface area contributed by atoms with E-state index < -0.39 is 0 Å². The van der Waals surface area contributed by atoms with Gasteiger partial charge in [0.2, 0.25) is 0 Å². The number of nitrogens with one attached hydrogen (secondary N) is 2. The molecule has 0 unspecified atom stereocenters. The maximum Gasteiger partial charge on any atom is 0.0382 e. The van der Waals surface area contributed by atoms with E-state index in [1.54, 1.807) is 0 Å². The number of likely N-dealkylation sites (N-methyl/N-ethyl adjacent to an activating group) is 1. The van der Waals surface area contributed by atoms with E-state index in [1.165, 1.54) is 11.1 Å². The van der Waals surface area contributed by atoms with Gasteiger partial charge in [-0.3, -0.25) is 0 Å². The highest BCUT2D eigenvalue weighted by Gasteiger charge is 1.97. The lowest BCUT2D eigenvalue weighted by Gasteiger charge is -2.10. The summed E-state index contributed by atoms with van der Waals surface area (Å²) in [5, 5.41) is 6.36. The van der Waals surface area contributed by atoms with Crippen LogP contribution in [0.5, 0.6) is 0 Å². The Bertz CT molecular complexity index is 415. The van der Waals surface area contributed by atoms with Crippen LogP contribution in [0.1, 0.15) is 32.3 Å². The molecule has 0 amide bonds. The van der Waals surface area contributed by atoms with Crippen molar-refractivity contribution in [2.75, 3.05) is 18.9 Å². The third-order valence-corrected chi connectivity index (χ3v) is 3.03. The molecule has 0 aliphatic heterocycles. The average Bonchev–Trinajstić information content (AvgIpc) is 2.38. The van der Waals surface area contributed by atoms with Crippen LogP contribution in [0.25, 0.3) is 0 Å². The first-order valence-electron chi connectivity index (χ1n) is 6.99. The molecule has 1 aromatic carbocycles. The summed E-state index contributed by atoms with van der Waals surface area (Å²) in [6.07, 6.45) is 5.69. The van der Waals surface area contributed by atoms with Crippen molar-refractivity contribution < 1.29 is 0 Å². The van der Waals surface area contributed by atoms with Gasteiger partial charge in [0.05, 0.1) is 0 Å². The van der Waals surface area contributed by atoms with Crippen LogP contribution in [-0.2, 0) is 6.42 Å². The van der Waals surface area contributed by atoms with E-state index >= 15 is 0 Å². The molecule has 2 nitrogen and oxygen atoms in total. The number of benzene rings is 1. The molecule has 0 aromatic heterocycles. The lowest BCUT2D eigenvalue weighted by Crippen LogP contribution is -2.14. The summed E-state index contributed by atoms with van der Waals surface area (Å²) in [6.45, 7) is 9.13. The number of hydrogen-bond donors (Lipinski definition) is 2. The Balaban J connectivity index is 2.47. The van der Waals surface area contributed by atoms with Crippen LogP contribution >= 0.6 is 0 Å². The van der Waals surface area contributed by atoms with Crippen molar-refractivity contribution >= 4 is 5.69 Å². The summed E-state index contributed by atoms with van der Waals surface area (Å²) in [4.78, 5) is 0. The number of allylic oxidation sites excluding steroid dienone is 2. The largest absolute Gasteiger partial charge is 0.358 e. The van der Waals surface area contributed by atoms with Crippen molar-refractivity contribution in [2.45, 2.75) is 33.1 Å². The average molecular weight is 258 g/mol. The maximum absolute atomic E-state index is 3.96. The Hall–Kier alpha value is -1.54. The first-order valence-corrected chi connectivity index (χ1v) is 6.99. The van der Waals surface area contributed by atoms with Crippen molar-refractivity contribution in [3.63, 3.8) is 0 Å². The predicted molar refractivity (Wildman–Crippen MR) is 85.5 cm³/mol. The summed E-state index contributed by atoms with van der Waals surface area (Å²) >= 11 is 0. The minimum atomic E-state index is 0.781. The summed E-state index contributed by atoms with van der Waals surface area (Å²) in [6, 6.07) is 8.62. The highest BCUT2D eigenvalue weighted by atomic mass is 14.9. The Labute approximate surface area is 117 Å². The monoisotopic (exact) mass is 258 g/mol. The molecule has 1 aromatic rings. The zero-order valence-electron chi connectivity index (χ0n) is 12.4. The highest BCUT2D eigenvalue weighted by molar-refractivity contribution is 5.49. The fourth-order valence-electron chi connectivity index (χ4n) is 2.01. The van der Waals surface area contributed by atoms with Crippen LogP contribution in [-0.4, -0.2) is 13.6 Å². The minimum Gasteiger partial charge on any atom is -0.358 e. The SMILES string of the molecule is C=C(CNC)Nc1ccc(CCC(C)=CCC)cc1. The van der Waals surface area contributed by atoms with E-state index in [9.17, 15) is 0 Å². The lowest BCUT2D eigenvalue weighted by molar-refractivity contribution is 0.886. The van der Waals surface area contributed by atoms with Crippen LogP contribution in [0.2, 0.25) is 0 Å². The second-order valence-electron chi connectivity index (χ2n) is 4.91. The van der Waals surface area contributed by atoms with Gasteiger partial charge in [0.1, 0.15) is 0 Å². The molecule has 0 bridgehead atoms. The molecule has 0 radical (unpaired) electrons. The van der Waals surface area contributed by atoms with Gasteiger partial charge in [0.15, 0.2) is 0 Å². The van der Waals surface area contributed by atoms with Gasteiger partial charge in [-0.1, -0.05) is 37.3 Å². The van der Waals surface area contributed by atoms with E-state index in [2.05, 4.69) is 61.4 Å². The molecule has 104 valence electrons. The molecular weight excluding hydrogens is 232 g/mol. The third kappa shape index (κ3) is 6.25. The van der Waals surface area contributed by atoms with Gasteiger partial charge in [0.25, 0.3) is 0 Å². The third-order valence-electron chi connectivity index (χ3n) is 3.03. The molecule has 0 spiro atoms. The van der Waals surface area contributed by atoms with Crippen molar-refractivity contribution in [1.29, 1.82) is 0 Å². The fraction of sp³-hybridized carbons (Fsp3) is 0.412. The minimum absolute atomic E-state index is 0.781. The first-order chi connectivity index (χ1) is 9.15. The Kier molecular flexibility index (Phi) is 6.98. The zero-order valence-corrected chi connectivity index (χ0v) is 12.4. The van der Waals surface area contributed by atoms with Gasteiger partial charge in [-0.05, 0) is 50.9 Å². The molecular formula is C17H26N2. The summed E-state index contributed by atoms with van der Waals surface area (Å²) in [7, 11) is 1.92. The normalized spacial score (nSPS) is 11.4. The van der Waals surface area contributed by atoms with Crippen LogP contribution in [0.3, 0.4) is 0 Å². The Morgan fingerprint density at radius 3 is 2.53 bits per heavy atom. The van der Waals surface area contributed by atoms with Crippen LogP contribution in [0, 0.1) is 0 Å². The van der Waals surface area contributed by atoms with Crippen LogP contribution < -0.4 is 10.6 Å². The second kappa shape index (κ2) is 8.54. The molecule has 0 aliphatic rings. The van der Waals surface area contributed by atoms with Gasteiger partial charge in [0, 0.05) is 17.9 Å². The molecule has 0 saturated heterocycles. The van der Waals surface area contributed by atoms with E-state index in [4.69, 9.17) is 0 Å². The molecule has 0 aliphatic carbocycles. The van der Waals surface area contributed by atoms with Crippen molar-refractivity contribution in [3.05, 3.63) is 53.8 Å². The predicted octanol–water partition coefficient (Wildman–Crippen LogP) is 4.12. The van der Waals surface area contributed by atoms with Crippen molar-refractivity contribution in [2.24, 2.45) is 0 Å². The summed E-state index contributed by atoms with van der Waals surface area (Å²) in [5.74, 6) is 0. The van der Waals surface area contributed by atoms with Gasteiger partial charge >= 0.3 is 0 Å². The van der Waals surface area contributed by atoms with Gasteiger partial charge in [-0.15, -0.1) is 0 Å². The molecule has 0 fully saturated rings. The topological polar surface area (TPSA) is 24.1 Å². The number of hydrogen-bond acceptors (Lipinski definition) is 2. The molecule has 0 atom stereocenters. The van der Waals surface area contributed by atoms with Gasteiger partial charge < -0.3 is 10.6 Å². The Morgan fingerprint density at radius 1 is 1.26 bits per heavy atom. The Morgan fingerprint density at radius 2 is 1.95 bits per heavy atom. The molecule has 1 rings (SSSR count). The highest BCUT2D eigenvalue weighted by Crippen LogP contribution is 2.14. The van der Waals surface area contributed by atoms with Gasteiger partial charge in [-0.2, -0.15) is 0 Å². The quantitative estimate of drug-likeness (QED) is 0.685. The molecule has 0 heterocycles. The molecule has 0 saturated carbocycles. The molecule has 2 heteroatoms. The van der Waals surface area contributed by atoms with Crippen LogP contribution in [0.4, 0.5) is 5.69 Å². The first kappa shape index (κ1) is 15.5. The lowest BCUT2D eigenvalue weighted by atomic mass is 10.0. The number of rotatable bonds is 8. The molecule has 19 heavy (non-hydrogen) atoms. The summed E-state index contributed by atoms with van der Waals surface area (Å²) in [5.41, 5.74) is 4.95. The zero-order chi connectivity index (χ0) is 14.1. The number of anilines is 1. The van der Waals surface area contributed by atoms with Crippen molar-refractivity contribution in [1.82, 2.24) is 5.32 Å². The fourth-order valence-corrected chi connectivity index (χ4v) is 2.01.